The van der Waals surface area contributed by atoms with Gasteiger partial charge in [-0.25, -0.2) is 9.97 Å². The summed E-state index contributed by atoms with van der Waals surface area (Å²) in [7, 11) is 0. The van der Waals surface area contributed by atoms with Crippen LogP contribution in [-0.2, 0) is 6.42 Å². The van der Waals surface area contributed by atoms with Gasteiger partial charge in [-0.3, -0.25) is 4.98 Å². The van der Waals surface area contributed by atoms with Crippen LogP contribution in [0, 0.1) is 6.92 Å². The number of aromatic nitrogens is 3. The lowest BCUT2D eigenvalue weighted by Gasteiger charge is -2.05. The summed E-state index contributed by atoms with van der Waals surface area (Å²) >= 11 is 7.60. The molecule has 3 nitrogen and oxygen atoms in total. The Morgan fingerprint density at radius 2 is 2.20 bits per heavy atom. The van der Waals surface area contributed by atoms with Crippen molar-refractivity contribution in [1.82, 2.24) is 15.0 Å². The van der Waals surface area contributed by atoms with Crippen LogP contribution in [0.3, 0.4) is 0 Å². The van der Waals surface area contributed by atoms with E-state index in [4.69, 9.17) is 11.6 Å². The van der Waals surface area contributed by atoms with Gasteiger partial charge in [0.05, 0.1) is 10.4 Å². The van der Waals surface area contributed by atoms with Crippen LogP contribution in [0.15, 0.2) is 11.7 Å². The van der Waals surface area contributed by atoms with E-state index in [9.17, 15) is 0 Å². The molecule has 0 atom stereocenters. The highest BCUT2D eigenvalue weighted by Gasteiger charge is 2.10. The molecular weight excluding hydrogens is 230 g/mol. The van der Waals surface area contributed by atoms with Gasteiger partial charge in [-0.15, -0.1) is 11.3 Å². The zero-order valence-electron chi connectivity index (χ0n) is 8.49. The first-order valence-electron chi connectivity index (χ1n) is 4.64. The molecule has 2 rings (SSSR count). The minimum absolute atomic E-state index is 0.549. The fourth-order valence-corrected chi connectivity index (χ4v) is 2.30. The maximum atomic E-state index is 6.08. The van der Waals surface area contributed by atoms with Crippen molar-refractivity contribution in [3.05, 3.63) is 28.1 Å². The van der Waals surface area contributed by atoms with Gasteiger partial charge < -0.3 is 0 Å². The first-order valence-corrected chi connectivity index (χ1v) is 5.90. The molecule has 0 unspecified atom stereocenters. The molecule has 0 N–H and O–H groups in total. The molecular formula is C10H10ClN3S. The second kappa shape index (κ2) is 4.24. The molecule has 0 saturated heterocycles. The fourth-order valence-electron chi connectivity index (χ4n) is 1.40. The zero-order valence-corrected chi connectivity index (χ0v) is 10.1. The molecule has 0 aliphatic rings. The average molecular weight is 240 g/mol. The lowest BCUT2D eigenvalue weighted by molar-refractivity contribution is 1.00. The van der Waals surface area contributed by atoms with Gasteiger partial charge in [0, 0.05) is 17.5 Å². The molecule has 0 aromatic carbocycles. The van der Waals surface area contributed by atoms with Crippen molar-refractivity contribution < 1.29 is 0 Å². The molecule has 2 heterocycles. The van der Waals surface area contributed by atoms with Gasteiger partial charge in [0.1, 0.15) is 5.15 Å². The summed E-state index contributed by atoms with van der Waals surface area (Å²) in [5.41, 5.74) is 3.72. The molecule has 2 aromatic heterocycles. The van der Waals surface area contributed by atoms with Gasteiger partial charge in [0.2, 0.25) is 0 Å². The normalized spacial score (nSPS) is 10.6. The third-order valence-corrected chi connectivity index (χ3v) is 3.25. The number of nitrogens with zero attached hydrogens (tertiary/aromatic N) is 3. The lowest BCUT2D eigenvalue weighted by Crippen LogP contribution is -1.98. The highest BCUT2D eigenvalue weighted by molar-refractivity contribution is 7.13. The summed E-state index contributed by atoms with van der Waals surface area (Å²) in [6.45, 7) is 4.00. The van der Waals surface area contributed by atoms with Crippen molar-refractivity contribution in [1.29, 1.82) is 0 Å². The van der Waals surface area contributed by atoms with Gasteiger partial charge in [0.25, 0.3) is 0 Å². The van der Waals surface area contributed by atoms with Crippen LogP contribution in [0.1, 0.15) is 18.2 Å². The molecule has 78 valence electrons. The van der Waals surface area contributed by atoms with Crippen molar-refractivity contribution in [2.45, 2.75) is 20.3 Å². The number of thiazole rings is 1. The summed E-state index contributed by atoms with van der Waals surface area (Å²) in [5.74, 6) is 0.664. The van der Waals surface area contributed by atoms with Gasteiger partial charge in [-0.2, -0.15) is 0 Å². The van der Waals surface area contributed by atoms with Crippen LogP contribution < -0.4 is 0 Å². The van der Waals surface area contributed by atoms with E-state index in [1.54, 1.807) is 11.7 Å². The fraction of sp³-hybridized carbons (Fsp3) is 0.300. The Kier molecular flexibility index (Phi) is 2.98. The van der Waals surface area contributed by atoms with E-state index in [-0.39, 0.29) is 0 Å². The van der Waals surface area contributed by atoms with Crippen molar-refractivity contribution in [3.63, 3.8) is 0 Å². The van der Waals surface area contributed by atoms with Crippen molar-refractivity contribution in [2.75, 3.05) is 0 Å². The molecule has 0 spiro atoms. The Hall–Kier alpha value is -1.00. The van der Waals surface area contributed by atoms with Crippen LogP contribution in [0.2, 0.25) is 5.15 Å². The summed E-state index contributed by atoms with van der Waals surface area (Å²) in [4.78, 5) is 13.6. The third kappa shape index (κ3) is 2.01. The van der Waals surface area contributed by atoms with Crippen molar-refractivity contribution in [2.24, 2.45) is 0 Å². The van der Waals surface area contributed by atoms with Gasteiger partial charge in [-0.1, -0.05) is 18.5 Å². The highest BCUT2D eigenvalue weighted by atomic mass is 35.5. The lowest BCUT2D eigenvalue weighted by atomic mass is 10.2. The number of hydrogen-bond donors (Lipinski definition) is 0. The highest BCUT2D eigenvalue weighted by Crippen LogP contribution is 2.24. The van der Waals surface area contributed by atoms with Crippen LogP contribution >= 0.6 is 22.9 Å². The predicted molar refractivity (Wildman–Crippen MR) is 62.3 cm³/mol. The van der Waals surface area contributed by atoms with Crippen molar-refractivity contribution in [3.8, 4) is 10.7 Å². The first-order chi connectivity index (χ1) is 7.22. The van der Waals surface area contributed by atoms with E-state index in [2.05, 4.69) is 15.0 Å². The van der Waals surface area contributed by atoms with E-state index in [0.29, 0.717) is 11.0 Å². The zero-order chi connectivity index (χ0) is 10.8. The molecule has 0 aliphatic heterocycles. The standard InChI is InChI=1S/C10H10ClN3S/c1-3-7-6(2)13-10(14-9(7)11)8-4-12-5-15-8/h4-5H,3H2,1-2H3. The minimum Gasteiger partial charge on any atom is -0.252 e. The summed E-state index contributed by atoms with van der Waals surface area (Å²) in [6, 6.07) is 0. The number of rotatable bonds is 2. The molecule has 0 aliphatic carbocycles. The Bertz CT molecular complexity index is 445. The van der Waals surface area contributed by atoms with Gasteiger partial charge in [0.15, 0.2) is 5.82 Å². The molecule has 0 radical (unpaired) electrons. The van der Waals surface area contributed by atoms with E-state index in [1.807, 2.05) is 13.8 Å². The second-order valence-electron chi connectivity index (χ2n) is 3.12. The molecule has 0 fully saturated rings. The topological polar surface area (TPSA) is 38.7 Å². The maximum absolute atomic E-state index is 6.08. The smallest absolute Gasteiger partial charge is 0.172 e. The van der Waals surface area contributed by atoms with E-state index in [1.165, 1.54) is 11.3 Å². The molecule has 0 amide bonds. The summed E-state index contributed by atoms with van der Waals surface area (Å²) in [5, 5.41) is 0.549. The second-order valence-corrected chi connectivity index (χ2v) is 4.37. The summed E-state index contributed by atoms with van der Waals surface area (Å²) < 4.78 is 0. The maximum Gasteiger partial charge on any atom is 0.172 e. The Morgan fingerprint density at radius 3 is 2.73 bits per heavy atom. The monoisotopic (exact) mass is 239 g/mol. The number of halogens is 1. The molecule has 0 bridgehead atoms. The van der Waals surface area contributed by atoms with E-state index in [0.717, 1.165) is 22.6 Å². The van der Waals surface area contributed by atoms with Gasteiger partial charge >= 0.3 is 0 Å². The van der Waals surface area contributed by atoms with E-state index < -0.39 is 0 Å². The Labute approximate surface area is 97.2 Å². The number of hydrogen-bond acceptors (Lipinski definition) is 4. The van der Waals surface area contributed by atoms with Crippen LogP contribution in [-0.4, -0.2) is 15.0 Å². The average Bonchev–Trinajstić information content (AvgIpc) is 2.69. The van der Waals surface area contributed by atoms with Crippen molar-refractivity contribution >= 4 is 22.9 Å². The Morgan fingerprint density at radius 1 is 1.40 bits per heavy atom. The first kappa shape index (κ1) is 10.5. The predicted octanol–water partition coefficient (Wildman–Crippen LogP) is 3.12. The van der Waals surface area contributed by atoms with Gasteiger partial charge in [-0.05, 0) is 13.3 Å². The molecule has 0 saturated carbocycles. The molecule has 2 aromatic rings. The van der Waals surface area contributed by atoms with E-state index >= 15 is 0 Å². The molecule has 15 heavy (non-hydrogen) atoms. The Balaban J connectivity index is 2.53. The molecule has 5 heteroatoms. The number of aryl methyl sites for hydroxylation is 1. The SMILES string of the molecule is CCc1c(C)nc(-c2cncs2)nc1Cl. The van der Waals surface area contributed by atoms with Crippen LogP contribution in [0.25, 0.3) is 10.7 Å². The minimum atomic E-state index is 0.549. The van der Waals surface area contributed by atoms with Crippen LogP contribution in [0.4, 0.5) is 0 Å². The largest absolute Gasteiger partial charge is 0.252 e. The third-order valence-electron chi connectivity index (χ3n) is 2.17. The quantitative estimate of drug-likeness (QED) is 0.756. The summed E-state index contributed by atoms with van der Waals surface area (Å²) in [6.07, 6.45) is 2.61. The van der Waals surface area contributed by atoms with Crippen LogP contribution in [0.5, 0.6) is 0 Å².